The standard InChI is InChI=1S/C17H15BrN2O2/c18-14-13(9-10-5-2-1-3-6-10)20-15-11(16(14)21)7-4-8-12(15)19-17(20)22/h1-8,13-14,16,21H,9H2,(H,19,22)/t13?,14-,16-/m1/s1. The van der Waals surface area contributed by atoms with Gasteiger partial charge in [-0.2, -0.15) is 0 Å². The maximum Gasteiger partial charge on any atom is 0.326 e. The number of aromatic amines is 1. The van der Waals surface area contributed by atoms with Gasteiger partial charge in [-0.05, 0) is 18.1 Å². The second-order valence-corrected chi connectivity index (χ2v) is 6.75. The minimum atomic E-state index is -0.632. The molecule has 0 radical (unpaired) electrons. The molecule has 2 N–H and O–H groups in total. The molecule has 1 unspecified atom stereocenters. The molecule has 0 saturated heterocycles. The molecule has 3 atom stereocenters. The third-order valence-corrected chi connectivity index (χ3v) is 5.49. The molecule has 0 fully saturated rings. The molecule has 0 spiro atoms. The summed E-state index contributed by atoms with van der Waals surface area (Å²) in [6, 6.07) is 15.5. The van der Waals surface area contributed by atoms with Gasteiger partial charge in [0.1, 0.15) is 0 Å². The molecule has 112 valence electrons. The number of nitrogens with zero attached hydrogens (tertiary/aromatic N) is 1. The highest BCUT2D eigenvalue weighted by Gasteiger charge is 2.37. The summed E-state index contributed by atoms with van der Waals surface area (Å²) in [4.78, 5) is 15.1. The molecule has 1 aliphatic rings. The molecule has 0 saturated carbocycles. The van der Waals surface area contributed by atoms with E-state index < -0.39 is 6.10 Å². The van der Waals surface area contributed by atoms with Gasteiger partial charge in [-0.3, -0.25) is 4.57 Å². The molecule has 5 heteroatoms. The first-order valence-electron chi connectivity index (χ1n) is 7.26. The van der Waals surface area contributed by atoms with Crippen molar-refractivity contribution in [1.82, 2.24) is 9.55 Å². The fourth-order valence-corrected chi connectivity index (χ4v) is 4.06. The summed E-state index contributed by atoms with van der Waals surface area (Å²) in [5.41, 5.74) is 3.40. The van der Waals surface area contributed by atoms with Crippen LogP contribution in [-0.2, 0) is 6.42 Å². The van der Waals surface area contributed by atoms with E-state index >= 15 is 0 Å². The van der Waals surface area contributed by atoms with E-state index in [1.54, 1.807) is 4.57 Å². The van der Waals surface area contributed by atoms with Crippen LogP contribution in [0.3, 0.4) is 0 Å². The molecule has 4 nitrogen and oxygen atoms in total. The number of nitrogens with one attached hydrogen (secondary N) is 1. The van der Waals surface area contributed by atoms with Crippen LogP contribution in [0, 0.1) is 0 Å². The Morgan fingerprint density at radius 2 is 1.91 bits per heavy atom. The number of aliphatic hydroxyl groups excluding tert-OH is 1. The largest absolute Gasteiger partial charge is 0.387 e. The van der Waals surface area contributed by atoms with Crippen molar-refractivity contribution in [2.45, 2.75) is 23.4 Å². The van der Waals surface area contributed by atoms with E-state index in [1.807, 2.05) is 48.5 Å². The smallest absolute Gasteiger partial charge is 0.326 e. The van der Waals surface area contributed by atoms with Crippen LogP contribution in [0.15, 0.2) is 53.3 Å². The molecule has 0 aliphatic carbocycles. The second-order valence-electron chi connectivity index (χ2n) is 5.69. The van der Waals surface area contributed by atoms with Crippen molar-refractivity contribution in [2.75, 3.05) is 0 Å². The number of aromatic nitrogens is 2. The number of halogens is 1. The van der Waals surface area contributed by atoms with Crippen LogP contribution in [0.4, 0.5) is 0 Å². The third-order valence-electron chi connectivity index (χ3n) is 4.38. The van der Waals surface area contributed by atoms with Crippen molar-refractivity contribution in [3.05, 3.63) is 70.1 Å². The maximum atomic E-state index is 12.4. The Hall–Kier alpha value is -1.85. The molecular weight excluding hydrogens is 344 g/mol. The number of hydrogen-bond acceptors (Lipinski definition) is 2. The van der Waals surface area contributed by atoms with Crippen LogP contribution in [0.25, 0.3) is 11.0 Å². The molecule has 3 aromatic rings. The minimum Gasteiger partial charge on any atom is -0.387 e. The molecule has 1 aliphatic heterocycles. The highest BCUT2D eigenvalue weighted by molar-refractivity contribution is 9.09. The summed E-state index contributed by atoms with van der Waals surface area (Å²) in [6.45, 7) is 0. The first kappa shape index (κ1) is 13.8. The SMILES string of the molecule is O=c1[nH]c2cccc3c2n1C(Cc1ccccc1)[C@@H](Br)[C@@H]3O. The zero-order valence-electron chi connectivity index (χ0n) is 11.7. The van der Waals surface area contributed by atoms with Crippen LogP contribution in [0.1, 0.15) is 23.3 Å². The number of H-pyrrole nitrogens is 1. The molecule has 2 heterocycles. The van der Waals surface area contributed by atoms with E-state index in [0.717, 1.165) is 22.2 Å². The highest BCUT2D eigenvalue weighted by Crippen LogP contribution is 2.41. The summed E-state index contributed by atoms with van der Waals surface area (Å²) in [5, 5.41) is 10.6. The van der Waals surface area contributed by atoms with E-state index in [2.05, 4.69) is 20.9 Å². The maximum absolute atomic E-state index is 12.4. The van der Waals surface area contributed by atoms with Gasteiger partial charge in [0, 0.05) is 5.56 Å². The normalized spacial score (nSPS) is 23.8. The molecule has 0 amide bonds. The Kier molecular flexibility index (Phi) is 3.20. The van der Waals surface area contributed by atoms with Crippen LogP contribution in [-0.4, -0.2) is 19.5 Å². The lowest BCUT2D eigenvalue weighted by atomic mass is 9.92. The number of aliphatic hydroxyl groups is 1. The van der Waals surface area contributed by atoms with Crippen LogP contribution in [0.2, 0.25) is 0 Å². The summed E-state index contributed by atoms with van der Waals surface area (Å²) in [6.07, 6.45) is 0.0577. The van der Waals surface area contributed by atoms with Gasteiger partial charge in [0.25, 0.3) is 0 Å². The van der Waals surface area contributed by atoms with Crippen molar-refractivity contribution in [3.63, 3.8) is 0 Å². The Morgan fingerprint density at radius 1 is 1.14 bits per heavy atom. The van der Waals surface area contributed by atoms with Gasteiger partial charge in [0.2, 0.25) is 0 Å². The Balaban J connectivity index is 1.91. The molecule has 2 aromatic carbocycles. The third kappa shape index (κ3) is 1.96. The zero-order chi connectivity index (χ0) is 15.3. The van der Waals surface area contributed by atoms with Gasteiger partial charge in [-0.25, -0.2) is 4.79 Å². The van der Waals surface area contributed by atoms with Gasteiger partial charge in [-0.15, -0.1) is 0 Å². The predicted octanol–water partition coefficient (Wildman–Crippen LogP) is 2.92. The second kappa shape index (κ2) is 5.11. The minimum absolute atomic E-state index is 0.125. The predicted molar refractivity (Wildman–Crippen MR) is 89.4 cm³/mol. The highest BCUT2D eigenvalue weighted by atomic mass is 79.9. The van der Waals surface area contributed by atoms with Gasteiger partial charge in [-0.1, -0.05) is 58.4 Å². The first-order chi connectivity index (χ1) is 10.7. The Labute approximate surface area is 135 Å². The van der Waals surface area contributed by atoms with E-state index in [0.29, 0.717) is 6.42 Å². The van der Waals surface area contributed by atoms with Gasteiger partial charge < -0.3 is 10.1 Å². The fourth-order valence-electron chi connectivity index (χ4n) is 3.35. The van der Waals surface area contributed by atoms with Crippen molar-refractivity contribution >= 4 is 27.0 Å². The first-order valence-corrected chi connectivity index (χ1v) is 8.17. The van der Waals surface area contributed by atoms with Crippen molar-refractivity contribution in [1.29, 1.82) is 0 Å². The molecular formula is C17H15BrN2O2. The van der Waals surface area contributed by atoms with E-state index in [9.17, 15) is 9.90 Å². The molecule has 0 bridgehead atoms. The van der Waals surface area contributed by atoms with E-state index in [4.69, 9.17) is 0 Å². The quantitative estimate of drug-likeness (QED) is 0.692. The summed E-state index contributed by atoms with van der Waals surface area (Å²) < 4.78 is 1.78. The van der Waals surface area contributed by atoms with Crippen molar-refractivity contribution < 1.29 is 5.11 Å². The number of rotatable bonds is 2. The lowest BCUT2D eigenvalue weighted by Crippen LogP contribution is -2.36. The van der Waals surface area contributed by atoms with Crippen LogP contribution in [0.5, 0.6) is 0 Å². The van der Waals surface area contributed by atoms with Crippen molar-refractivity contribution in [2.24, 2.45) is 0 Å². The van der Waals surface area contributed by atoms with Crippen LogP contribution < -0.4 is 5.69 Å². The Bertz CT molecular complexity index is 885. The van der Waals surface area contributed by atoms with Gasteiger partial charge >= 0.3 is 5.69 Å². The zero-order valence-corrected chi connectivity index (χ0v) is 13.3. The summed E-state index contributed by atoms with van der Waals surface area (Å²) in [5.74, 6) is 0. The average Bonchev–Trinajstić information content (AvgIpc) is 2.87. The van der Waals surface area contributed by atoms with E-state index in [1.165, 1.54) is 0 Å². The van der Waals surface area contributed by atoms with Gasteiger partial charge in [0.05, 0.1) is 28.0 Å². The van der Waals surface area contributed by atoms with E-state index in [-0.39, 0.29) is 16.6 Å². The molecule has 1 aromatic heterocycles. The number of para-hydroxylation sites is 1. The topological polar surface area (TPSA) is 58.0 Å². The average molecular weight is 359 g/mol. The van der Waals surface area contributed by atoms with Crippen molar-refractivity contribution in [3.8, 4) is 0 Å². The lowest BCUT2D eigenvalue weighted by molar-refractivity contribution is 0.149. The number of benzene rings is 2. The fraction of sp³-hybridized carbons (Fsp3) is 0.235. The van der Waals surface area contributed by atoms with Gasteiger partial charge in [0.15, 0.2) is 0 Å². The number of alkyl halides is 1. The number of hydrogen-bond donors (Lipinski definition) is 2. The van der Waals surface area contributed by atoms with Crippen LogP contribution >= 0.6 is 15.9 Å². The Morgan fingerprint density at radius 3 is 2.68 bits per heavy atom. The molecule has 4 rings (SSSR count). The lowest BCUT2D eigenvalue weighted by Gasteiger charge is -2.33. The molecule has 22 heavy (non-hydrogen) atoms. The monoisotopic (exact) mass is 358 g/mol. The number of imidazole rings is 1. The summed E-state index contributed by atoms with van der Waals surface area (Å²) >= 11 is 3.61. The summed E-state index contributed by atoms with van der Waals surface area (Å²) in [7, 11) is 0.